The van der Waals surface area contributed by atoms with Crippen molar-refractivity contribution in [3.8, 4) is 11.1 Å². The Labute approximate surface area is 99.4 Å². The van der Waals surface area contributed by atoms with Crippen molar-refractivity contribution in [2.75, 3.05) is 0 Å². The molecule has 0 amide bonds. The van der Waals surface area contributed by atoms with Crippen LogP contribution in [0.4, 0.5) is 0 Å². The minimum absolute atomic E-state index is 1.05. The minimum atomic E-state index is 1.05. The Morgan fingerprint density at radius 3 is 2.50 bits per heavy atom. The third-order valence-electron chi connectivity index (χ3n) is 1.88. The van der Waals surface area contributed by atoms with Crippen LogP contribution in [0.25, 0.3) is 11.1 Å². The van der Waals surface area contributed by atoms with Gasteiger partial charge in [-0.15, -0.1) is 0 Å². The Bertz CT molecular complexity index is 440. The zero-order valence-electron chi connectivity index (χ0n) is 7.17. The van der Waals surface area contributed by atoms with Gasteiger partial charge in [0.05, 0.1) is 6.20 Å². The van der Waals surface area contributed by atoms with E-state index >= 15 is 0 Å². The van der Waals surface area contributed by atoms with Crippen molar-refractivity contribution in [3.05, 3.63) is 51.7 Å². The molecule has 0 fully saturated rings. The lowest BCUT2D eigenvalue weighted by Crippen LogP contribution is -1.79. The van der Waals surface area contributed by atoms with Crippen LogP contribution in [0.15, 0.2) is 45.5 Å². The van der Waals surface area contributed by atoms with E-state index in [1.54, 1.807) is 6.20 Å². The van der Waals surface area contributed by atoms with Gasteiger partial charge in [0.25, 0.3) is 0 Å². The molecule has 0 aliphatic carbocycles. The predicted molar refractivity (Wildman–Crippen MR) is 63.9 cm³/mol. The lowest BCUT2D eigenvalue weighted by atomic mass is 10.1. The van der Waals surface area contributed by atoms with Crippen LogP contribution in [0.1, 0.15) is 0 Å². The highest BCUT2D eigenvalue weighted by molar-refractivity contribution is 9.13. The molecule has 1 aromatic heterocycles. The molecule has 1 nitrogen and oxygen atoms in total. The fourth-order valence-electron chi connectivity index (χ4n) is 1.17. The zero-order valence-corrected chi connectivity index (χ0v) is 10.3. The average Bonchev–Trinajstić information content (AvgIpc) is 2.23. The summed E-state index contributed by atoms with van der Waals surface area (Å²) in [7, 11) is 0. The summed E-state index contributed by atoms with van der Waals surface area (Å²) < 4.78 is 2.10. The maximum absolute atomic E-state index is 3.86. The van der Waals surface area contributed by atoms with Crippen LogP contribution in [0, 0.1) is 6.20 Å². The fraction of sp³-hybridized carbons (Fsp3) is 0. The van der Waals surface area contributed by atoms with Crippen molar-refractivity contribution < 1.29 is 0 Å². The van der Waals surface area contributed by atoms with Crippen LogP contribution in [-0.4, -0.2) is 4.98 Å². The van der Waals surface area contributed by atoms with Gasteiger partial charge in [0.1, 0.15) is 0 Å². The number of hydrogen-bond donors (Lipinski definition) is 0. The van der Waals surface area contributed by atoms with Gasteiger partial charge in [-0.3, -0.25) is 4.98 Å². The lowest BCUT2D eigenvalue weighted by molar-refractivity contribution is 1.31. The first kappa shape index (κ1) is 9.87. The second kappa shape index (κ2) is 4.24. The highest BCUT2D eigenvalue weighted by Crippen LogP contribution is 2.28. The van der Waals surface area contributed by atoms with Crippen LogP contribution in [0.3, 0.4) is 0 Å². The molecule has 0 saturated heterocycles. The maximum Gasteiger partial charge on any atom is 0.0892 e. The van der Waals surface area contributed by atoms with Crippen LogP contribution in [0.5, 0.6) is 0 Å². The van der Waals surface area contributed by atoms with Crippen molar-refractivity contribution in [1.82, 2.24) is 4.98 Å². The SMILES string of the molecule is Brc1ccc(-c2c[c]ncc2)cc1Br. The minimum Gasteiger partial charge on any atom is -0.255 e. The number of benzene rings is 1. The molecule has 0 aliphatic rings. The second-order valence-electron chi connectivity index (χ2n) is 2.80. The maximum atomic E-state index is 3.86. The topological polar surface area (TPSA) is 12.9 Å². The number of pyridine rings is 1. The Kier molecular flexibility index (Phi) is 2.99. The summed E-state index contributed by atoms with van der Waals surface area (Å²) in [5.74, 6) is 0. The Morgan fingerprint density at radius 2 is 1.86 bits per heavy atom. The molecule has 0 N–H and O–H groups in total. The lowest BCUT2D eigenvalue weighted by Gasteiger charge is -2.02. The van der Waals surface area contributed by atoms with Gasteiger partial charge in [-0.25, -0.2) is 0 Å². The quantitative estimate of drug-likeness (QED) is 0.773. The largest absolute Gasteiger partial charge is 0.255 e. The molecular weight excluding hydrogens is 306 g/mol. The van der Waals surface area contributed by atoms with Crippen LogP contribution >= 0.6 is 31.9 Å². The number of hydrogen-bond acceptors (Lipinski definition) is 1. The van der Waals surface area contributed by atoms with E-state index in [4.69, 9.17) is 0 Å². The van der Waals surface area contributed by atoms with Crippen molar-refractivity contribution in [2.24, 2.45) is 0 Å². The first-order valence-corrected chi connectivity index (χ1v) is 5.63. The molecule has 0 bridgehead atoms. The standard InChI is InChI=1S/C11H6Br2N/c12-10-2-1-9(7-11(10)13)8-3-5-14-6-4-8/h1-5,7H. The summed E-state index contributed by atoms with van der Waals surface area (Å²) in [5, 5.41) is 0. The van der Waals surface area contributed by atoms with E-state index in [1.165, 1.54) is 0 Å². The van der Waals surface area contributed by atoms with E-state index in [1.807, 2.05) is 18.2 Å². The summed E-state index contributed by atoms with van der Waals surface area (Å²) in [6.07, 6.45) is 4.56. The van der Waals surface area contributed by atoms with E-state index in [0.717, 1.165) is 20.1 Å². The summed E-state index contributed by atoms with van der Waals surface area (Å²) >= 11 is 6.91. The monoisotopic (exact) mass is 310 g/mol. The molecule has 1 radical (unpaired) electrons. The first-order valence-electron chi connectivity index (χ1n) is 4.05. The average molecular weight is 312 g/mol. The van der Waals surface area contributed by atoms with Crippen molar-refractivity contribution in [3.63, 3.8) is 0 Å². The molecule has 3 heteroatoms. The second-order valence-corrected chi connectivity index (χ2v) is 4.51. The highest BCUT2D eigenvalue weighted by atomic mass is 79.9. The molecule has 14 heavy (non-hydrogen) atoms. The molecule has 0 unspecified atom stereocenters. The number of aromatic nitrogens is 1. The van der Waals surface area contributed by atoms with E-state index in [9.17, 15) is 0 Å². The zero-order chi connectivity index (χ0) is 9.97. The molecule has 69 valence electrons. The van der Waals surface area contributed by atoms with Gasteiger partial charge in [0.15, 0.2) is 0 Å². The fourth-order valence-corrected chi connectivity index (χ4v) is 1.80. The Balaban J connectivity index is 2.48. The van der Waals surface area contributed by atoms with E-state index in [0.29, 0.717) is 0 Å². The van der Waals surface area contributed by atoms with E-state index < -0.39 is 0 Å². The highest BCUT2D eigenvalue weighted by Gasteiger charge is 2.00. The van der Waals surface area contributed by atoms with Gasteiger partial charge >= 0.3 is 0 Å². The van der Waals surface area contributed by atoms with E-state index in [-0.39, 0.29) is 0 Å². The summed E-state index contributed by atoms with van der Waals surface area (Å²) in [5.41, 5.74) is 2.27. The van der Waals surface area contributed by atoms with Crippen molar-refractivity contribution in [2.45, 2.75) is 0 Å². The molecule has 0 spiro atoms. The molecular formula is C11H6Br2N. The van der Waals surface area contributed by atoms with Gasteiger partial charge < -0.3 is 0 Å². The van der Waals surface area contributed by atoms with Gasteiger partial charge in [-0.2, -0.15) is 0 Å². The van der Waals surface area contributed by atoms with Gasteiger partial charge in [0.2, 0.25) is 0 Å². The Morgan fingerprint density at radius 1 is 1.00 bits per heavy atom. The summed E-state index contributed by atoms with van der Waals surface area (Å²) in [4.78, 5) is 3.86. The smallest absolute Gasteiger partial charge is 0.0892 e. The molecule has 2 aromatic rings. The molecule has 1 aromatic carbocycles. The summed E-state index contributed by atoms with van der Waals surface area (Å²) in [6, 6.07) is 9.97. The molecule has 1 heterocycles. The predicted octanol–water partition coefficient (Wildman–Crippen LogP) is 4.07. The van der Waals surface area contributed by atoms with Crippen LogP contribution < -0.4 is 0 Å². The Hall–Kier alpha value is -0.670. The molecule has 0 saturated carbocycles. The summed E-state index contributed by atoms with van der Waals surface area (Å²) in [6.45, 7) is 0. The third kappa shape index (κ3) is 2.04. The van der Waals surface area contributed by atoms with Gasteiger partial charge in [-0.1, -0.05) is 6.07 Å². The number of nitrogens with zero attached hydrogens (tertiary/aromatic N) is 1. The van der Waals surface area contributed by atoms with E-state index in [2.05, 4.69) is 55.2 Å². The number of rotatable bonds is 1. The van der Waals surface area contributed by atoms with Gasteiger partial charge in [0, 0.05) is 15.1 Å². The van der Waals surface area contributed by atoms with Crippen molar-refractivity contribution >= 4 is 31.9 Å². The molecule has 0 atom stereocenters. The van der Waals surface area contributed by atoms with Crippen LogP contribution in [-0.2, 0) is 0 Å². The van der Waals surface area contributed by atoms with Crippen molar-refractivity contribution in [1.29, 1.82) is 0 Å². The van der Waals surface area contributed by atoms with Gasteiger partial charge in [-0.05, 0) is 67.3 Å². The molecule has 0 aliphatic heterocycles. The first-order chi connectivity index (χ1) is 6.77. The molecule has 2 rings (SSSR count). The normalized spacial score (nSPS) is 10.1. The number of halogens is 2. The van der Waals surface area contributed by atoms with Crippen LogP contribution in [0.2, 0.25) is 0 Å². The third-order valence-corrected chi connectivity index (χ3v) is 3.76.